The molecule has 238 valence electrons. The van der Waals surface area contributed by atoms with E-state index in [9.17, 15) is 18.4 Å². The average molecular weight is 657 g/mol. The standard InChI is InChI=1S/C32H25ClF4N4O5/c1-38-30(42)16-10-20-28(45-29-21(44-20)13-40-41(31(29)43)14-23(35)36)27(37)25(16)24-17-12-32(22-8-5-9-39-22,15-6-3-2-4-7-15)46-19(17)11-18(34)26(24)33/h2-4,6-7,10-11,13,22-23,39H,5,8-9,12,14H2,1H3,(H,38,42)/t22-,32-/m0/s1. The Balaban J connectivity index is 1.43. The number of halogens is 5. The molecule has 1 saturated heterocycles. The number of nitrogens with zero attached hydrogens (tertiary/aromatic N) is 2. The SMILES string of the molecule is CNC(=O)c1cc2c(c(F)c1-c1c(Cl)c(F)cc3c1C[C@](c1ccccc1)([C@@H]1CCCN1)O3)Oc1c(cnn(CC(F)F)c1=O)O2. The lowest BCUT2D eigenvalue weighted by Gasteiger charge is -2.35. The first-order chi connectivity index (χ1) is 22.1. The van der Waals surface area contributed by atoms with Crippen molar-refractivity contribution in [1.29, 1.82) is 0 Å². The summed E-state index contributed by atoms with van der Waals surface area (Å²) in [5, 5.41) is 9.13. The maximum Gasteiger partial charge on any atom is 0.313 e. The first kappa shape index (κ1) is 30.1. The molecule has 0 radical (unpaired) electrons. The zero-order valence-corrected chi connectivity index (χ0v) is 24.9. The zero-order chi connectivity index (χ0) is 32.3. The average Bonchev–Trinajstić information content (AvgIpc) is 3.73. The van der Waals surface area contributed by atoms with Gasteiger partial charge in [0.2, 0.25) is 11.5 Å². The predicted octanol–water partition coefficient (Wildman–Crippen LogP) is 5.95. The van der Waals surface area contributed by atoms with Gasteiger partial charge in [-0.15, -0.1) is 0 Å². The zero-order valence-electron chi connectivity index (χ0n) is 24.1. The molecule has 0 aliphatic carbocycles. The number of ether oxygens (including phenoxy) is 3. The lowest BCUT2D eigenvalue weighted by atomic mass is 9.80. The summed E-state index contributed by atoms with van der Waals surface area (Å²) in [6, 6.07) is 11.5. The molecule has 4 aromatic rings. The van der Waals surface area contributed by atoms with Crippen LogP contribution in [0, 0.1) is 11.6 Å². The molecule has 0 unspecified atom stereocenters. The molecule has 7 rings (SSSR count). The highest BCUT2D eigenvalue weighted by Gasteiger charge is 2.50. The van der Waals surface area contributed by atoms with Gasteiger partial charge in [0.1, 0.15) is 18.1 Å². The molecule has 4 heterocycles. The van der Waals surface area contributed by atoms with Crippen LogP contribution in [-0.4, -0.2) is 41.7 Å². The van der Waals surface area contributed by atoms with E-state index in [1.54, 1.807) is 0 Å². The Kier molecular flexibility index (Phi) is 7.40. The van der Waals surface area contributed by atoms with Gasteiger partial charge in [0.25, 0.3) is 12.3 Å². The number of carbonyl (C=O) groups is 1. The molecule has 0 saturated carbocycles. The van der Waals surface area contributed by atoms with Gasteiger partial charge < -0.3 is 24.8 Å². The summed E-state index contributed by atoms with van der Waals surface area (Å²) >= 11 is 6.61. The second-order valence-electron chi connectivity index (χ2n) is 11.1. The Morgan fingerprint density at radius 1 is 1.13 bits per heavy atom. The van der Waals surface area contributed by atoms with Gasteiger partial charge in [-0.2, -0.15) is 5.10 Å². The van der Waals surface area contributed by atoms with E-state index >= 15 is 8.78 Å². The number of fused-ring (bicyclic) bond motifs is 3. The van der Waals surface area contributed by atoms with Crippen molar-refractivity contribution in [2.75, 3.05) is 13.6 Å². The maximum atomic E-state index is 16.9. The fraction of sp³-hybridized carbons (Fsp3) is 0.281. The van der Waals surface area contributed by atoms with Crippen molar-refractivity contribution in [3.05, 3.63) is 92.4 Å². The topological polar surface area (TPSA) is 104 Å². The number of rotatable bonds is 6. The van der Waals surface area contributed by atoms with Gasteiger partial charge in [-0.25, -0.2) is 22.2 Å². The van der Waals surface area contributed by atoms with E-state index < -0.39 is 63.8 Å². The quantitative estimate of drug-likeness (QED) is 0.218. The Morgan fingerprint density at radius 3 is 2.61 bits per heavy atom. The maximum absolute atomic E-state index is 16.9. The summed E-state index contributed by atoms with van der Waals surface area (Å²) in [6.45, 7) is -0.287. The fourth-order valence-electron chi connectivity index (χ4n) is 6.46. The van der Waals surface area contributed by atoms with Crippen molar-refractivity contribution < 1.29 is 36.6 Å². The fourth-order valence-corrected chi connectivity index (χ4v) is 6.73. The van der Waals surface area contributed by atoms with E-state index in [2.05, 4.69) is 15.7 Å². The largest absolute Gasteiger partial charge is 0.480 e. The molecule has 1 aromatic heterocycles. The summed E-state index contributed by atoms with van der Waals surface area (Å²) in [6.07, 6.45) is -0.142. The molecule has 3 aromatic carbocycles. The monoisotopic (exact) mass is 656 g/mol. The highest BCUT2D eigenvalue weighted by molar-refractivity contribution is 6.34. The van der Waals surface area contributed by atoms with Crippen molar-refractivity contribution in [1.82, 2.24) is 20.4 Å². The van der Waals surface area contributed by atoms with Crippen LogP contribution in [0.5, 0.6) is 28.7 Å². The molecule has 3 aliphatic heterocycles. The minimum atomic E-state index is -2.90. The van der Waals surface area contributed by atoms with Gasteiger partial charge in [0.05, 0.1) is 22.8 Å². The Morgan fingerprint density at radius 2 is 1.91 bits per heavy atom. The normalized spacial score (nSPS) is 19.5. The van der Waals surface area contributed by atoms with Gasteiger partial charge in [-0.05, 0) is 31.0 Å². The molecule has 1 fully saturated rings. The van der Waals surface area contributed by atoms with E-state index in [0.717, 1.165) is 37.2 Å². The number of alkyl halides is 2. The molecule has 46 heavy (non-hydrogen) atoms. The van der Waals surface area contributed by atoms with Gasteiger partial charge >= 0.3 is 5.56 Å². The highest BCUT2D eigenvalue weighted by Crippen LogP contribution is 2.55. The van der Waals surface area contributed by atoms with Crippen molar-refractivity contribution in [2.45, 2.75) is 43.9 Å². The Hall–Kier alpha value is -4.62. The summed E-state index contributed by atoms with van der Waals surface area (Å²) in [4.78, 5) is 26.2. The molecule has 0 bridgehead atoms. The first-order valence-electron chi connectivity index (χ1n) is 14.4. The number of carbonyl (C=O) groups excluding carboxylic acids is 1. The molecule has 2 N–H and O–H groups in total. The molecular formula is C32H25ClF4N4O5. The molecular weight excluding hydrogens is 632 g/mol. The number of aromatic nitrogens is 2. The van der Waals surface area contributed by atoms with Crippen LogP contribution in [0.3, 0.4) is 0 Å². The number of amides is 1. The second kappa shape index (κ2) is 11.3. The van der Waals surface area contributed by atoms with Crippen LogP contribution in [-0.2, 0) is 18.6 Å². The Labute approximate surface area is 264 Å². The number of benzene rings is 3. The third-order valence-electron chi connectivity index (χ3n) is 8.51. The molecule has 3 aliphatic rings. The van der Waals surface area contributed by atoms with Crippen LogP contribution in [0.4, 0.5) is 17.6 Å². The third kappa shape index (κ3) is 4.68. The smallest absolute Gasteiger partial charge is 0.313 e. The minimum absolute atomic E-state index is 0.123. The van der Waals surface area contributed by atoms with E-state index in [4.69, 9.17) is 25.8 Å². The van der Waals surface area contributed by atoms with Crippen LogP contribution >= 0.6 is 11.6 Å². The third-order valence-corrected chi connectivity index (χ3v) is 8.88. The second-order valence-corrected chi connectivity index (χ2v) is 11.5. The van der Waals surface area contributed by atoms with Crippen molar-refractivity contribution in [3.8, 4) is 39.9 Å². The van der Waals surface area contributed by atoms with E-state index in [1.165, 1.54) is 13.1 Å². The van der Waals surface area contributed by atoms with Crippen LogP contribution in [0.2, 0.25) is 5.02 Å². The van der Waals surface area contributed by atoms with Crippen molar-refractivity contribution in [2.24, 2.45) is 0 Å². The summed E-state index contributed by atoms with van der Waals surface area (Å²) < 4.78 is 77.0. The molecule has 9 nitrogen and oxygen atoms in total. The van der Waals surface area contributed by atoms with E-state index in [1.807, 2.05) is 30.3 Å². The summed E-state index contributed by atoms with van der Waals surface area (Å²) in [5.74, 6) is -4.51. The number of hydrogen-bond donors (Lipinski definition) is 2. The van der Waals surface area contributed by atoms with Crippen LogP contribution in [0.25, 0.3) is 11.1 Å². The van der Waals surface area contributed by atoms with Gasteiger partial charge in [-0.3, -0.25) is 9.59 Å². The summed E-state index contributed by atoms with van der Waals surface area (Å²) in [7, 11) is 1.33. The minimum Gasteiger partial charge on any atom is -0.480 e. The lowest BCUT2D eigenvalue weighted by molar-refractivity contribution is 0.0539. The molecule has 0 spiro atoms. The van der Waals surface area contributed by atoms with Crippen molar-refractivity contribution in [3.63, 3.8) is 0 Å². The van der Waals surface area contributed by atoms with Crippen LogP contribution in [0.1, 0.15) is 34.3 Å². The number of nitrogens with one attached hydrogen (secondary N) is 2. The van der Waals surface area contributed by atoms with Crippen LogP contribution < -0.4 is 30.4 Å². The Bertz CT molecular complexity index is 1950. The first-order valence-corrected chi connectivity index (χ1v) is 14.8. The van der Waals surface area contributed by atoms with Crippen molar-refractivity contribution >= 4 is 17.5 Å². The summed E-state index contributed by atoms with van der Waals surface area (Å²) in [5.41, 5.74) is -1.75. The van der Waals surface area contributed by atoms with E-state index in [-0.39, 0.29) is 40.8 Å². The number of hydrogen-bond acceptors (Lipinski definition) is 7. The molecule has 14 heteroatoms. The van der Waals surface area contributed by atoms with Gasteiger partial charge in [-0.1, -0.05) is 41.9 Å². The lowest BCUT2D eigenvalue weighted by Crippen LogP contribution is -2.48. The predicted molar refractivity (Wildman–Crippen MR) is 158 cm³/mol. The van der Waals surface area contributed by atoms with Gasteiger partial charge in [0.15, 0.2) is 22.9 Å². The molecule has 2 atom stereocenters. The van der Waals surface area contributed by atoms with Gasteiger partial charge in [0, 0.05) is 36.2 Å². The van der Waals surface area contributed by atoms with E-state index in [0.29, 0.717) is 10.2 Å². The highest BCUT2D eigenvalue weighted by atomic mass is 35.5. The van der Waals surface area contributed by atoms with Crippen LogP contribution in [0.15, 0.2) is 53.5 Å². The molecule has 1 amide bonds.